The molecule has 2 unspecified atom stereocenters. The van der Waals surface area contributed by atoms with E-state index in [0.29, 0.717) is 36.0 Å². The summed E-state index contributed by atoms with van der Waals surface area (Å²) < 4.78 is 0. The lowest BCUT2D eigenvalue weighted by Gasteiger charge is -2.13. The SMILES string of the molecule is O=C(Cc1csc(NC(=O)c2ccccc2)n1)NCC1CNCC1O. The Morgan fingerprint density at radius 1 is 1.28 bits per heavy atom. The fraction of sp³-hybridized carbons (Fsp3) is 0.353. The number of carbonyl (C=O) groups is 2. The Balaban J connectivity index is 1.48. The van der Waals surface area contributed by atoms with E-state index >= 15 is 0 Å². The normalized spacial score (nSPS) is 19.6. The van der Waals surface area contributed by atoms with Gasteiger partial charge >= 0.3 is 0 Å². The average molecular weight is 360 g/mol. The van der Waals surface area contributed by atoms with Gasteiger partial charge in [-0.25, -0.2) is 4.98 Å². The highest BCUT2D eigenvalue weighted by Gasteiger charge is 2.25. The molecule has 0 spiro atoms. The lowest BCUT2D eigenvalue weighted by atomic mass is 10.1. The van der Waals surface area contributed by atoms with Crippen molar-refractivity contribution >= 4 is 28.3 Å². The van der Waals surface area contributed by atoms with Crippen molar-refractivity contribution in [3.63, 3.8) is 0 Å². The van der Waals surface area contributed by atoms with Gasteiger partial charge in [-0.05, 0) is 12.1 Å². The molecule has 1 saturated heterocycles. The topological polar surface area (TPSA) is 103 Å². The maximum Gasteiger partial charge on any atom is 0.257 e. The van der Waals surface area contributed by atoms with Crippen molar-refractivity contribution < 1.29 is 14.7 Å². The van der Waals surface area contributed by atoms with Crippen molar-refractivity contribution in [2.24, 2.45) is 5.92 Å². The van der Waals surface area contributed by atoms with Crippen LogP contribution in [0.1, 0.15) is 16.1 Å². The Morgan fingerprint density at radius 2 is 2.08 bits per heavy atom. The Hall–Kier alpha value is -2.29. The first kappa shape index (κ1) is 17.5. The summed E-state index contributed by atoms with van der Waals surface area (Å²) in [6.45, 7) is 1.71. The summed E-state index contributed by atoms with van der Waals surface area (Å²) in [4.78, 5) is 28.3. The van der Waals surface area contributed by atoms with Crippen LogP contribution in [0.4, 0.5) is 5.13 Å². The number of β-amino-alcohol motifs (C(OH)–C–C–N with tert-alkyl or cyclic N) is 1. The van der Waals surface area contributed by atoms with Crippen molar-refractivity contribution in [3.8, 4) is 0 Å². The largest absolute Gasteiger partial charge is 0.391 e. The second kappa shape index (κ2) is 8.19. The van der Waals surface area contributed by atoms with Gasteiger partial charge in [-0.3, -0.25) is 14.9 Å². The first-order valence-corrected chi connectivity index (χ1v) is 8.96. The number of amides is 2. The molecule has 2 aromatic rings. The van der Waals surface area contributed by atoms with Gasteiger partial charge in [0.05, 0.1) is 18.2 Å². The van der Waals surface area contributed by atoms with Crippen LogP contribution >= 0.6 is 11.3 Å². The maximum absolute atomic E-state index is 12.1. The lowest BCUT2D eigenvalue weighted by Crippen LogP contribution is -2.35. The number of hydrogen-bond donors (Lipinski definition) is 4. The second-order valence-electron chi connectivity index (χ2n) is 5.93. The summed E-state index contributed by atoms with van der Waals surface area (Å²) in [6, 6.07) is 8.89. The van der Waals surface area contributed by atoms with Gasteiger partial charge in [0.2, 0.25) is 5.91 Å². The second-order valence-corrected chi connectivity index (χ2v) is 6.79. The average Bonchev–Trinajstić information content (AvgIpc) is 3.22. The Morgan fingerprint density at radius 3 is 2.80 bits per heavy atom. The first-order chi connectivity index (χ1) is 12.1. The number of nitrogens with one attached hydrogen (secondary N) is 3. The van der Waals surface area contributed by atoms with E-state index < -0.39 is 6.10 Å². The third-order valence-corrected chi connectivity index (χ3v) is 4.82. The number of hydrogen-bond acceptors (Lipinski definition) is 6. The zero-order valence-electron chi connectivity index (χ0n) is 13.6. The molecule has 0 saturated carbocycles. The number of benzene rings is 1. The minimum atomic E-state index is -0.417. The number of thiazole rings is 1. The van der Waals surface area contributed by atoms with Crippen LogP contribution in [0.25, 0.3) is 0 Å². The molecule has 1 aromatic carbocycles. The first-order valence-electron chi connectivity index (χ1n) is 8.08. The maximum atomic E-state index is 12.1. The third kappa shape index (κ3) is 4.85. The molecular formula is C17H20N4O3S. The van der Waals surface area contributed by atoms with Gasteiger partial charge < -0.3 is 15.7 Å². The van der Waals surface area contributed by atoms with E-state index in [-0.39, 0.29) is 24.2 Å². The molecule has 0 aliphatic carbocycles. The highest BCUT2D eigenvalue weighted by atomic mass is 32.1. The van der Waals surface area contributed by atoms with Crippen LogP contribution < -0.4 is 16.0 Å². The number of carbonyl (C=O) groups excluding carboxylic acids is 2. The lowest BCUT2D eigenvalue weighted by molar-refractivity contribution is -0.120. The van der Waals surface area contributed by atoms with Crippen molar-refractivity contribution in [1.29, 1.82) is 0 Å². The number of aliphatic hydroxyl groups is 1. The van der Waals surface area contributed by atoms with E-state index in [9.17, 15) is 14.7 Å². The van der Waals surface area contributed by atoms with Crippen molar-refractivity contribution in [1.82, 2.24) is 15.6 Å². The van der Waals surface area contributed by atoms with Crippen molar-refractivity contribution in [2.45, 2.75) is 12.5 Å². The molecule has 1 aromatic heterocycles. The van der Waals surface area contributed by atoms with Crippen molar-refractivity contribution in [3.05, 3.63) is 47.0 Å². The Bertz CT molecular complexity index is 735. The standard InChI is InChI=1S/C17H20N4O3S/c22-14-9-18-7-12(14)8-19-15(23)6-13-10-25-17(20-13)21-16(24)11-4-2-1-3-5-11/h1-5,10,12,14,18,22H,6-9H2,(H,19,23)(H,20,21,24). The summed E-state index contributed by atoms with van der Waals surface area (Å²) >= 11 is 1.29. The van der Waals surface area contributed by atoms with E-state index in [1.807, 2.05) is 6.07 Å². The molecule has 4 N–H and O–H groups in total. The molecule has 1 aliphatic rings. The van der Waals surface area contributed by atoms with E-state index in [4.69, 9.17) is 0 Å². The Labute approximate surface area is 149 Å². The highest BCUT2D eigenvalue weighted by molar-refractivity contribution is 7.14. The molecule has 0 radical (unpaired) electrons. The van der Waals surface area contributed by atoms with Gasteiger partial charge in [0.15, 0.2) is 5.13 Å². The molecule has 8 heteroatoms. The van der Waals surface area contributed by atoms with E-state index in [2.05, 4.69) is 20.9 Å². The van der Waals surface area contributed by atoms with Crippen LogP contribution in [0.3, 0.4) is 0 Å². The summed E-state index contributed by atoms with van der Waals surface area (Å²) in [5.41, 5.74) is 1.16. The van der Waals surface area contributed by atoms with Crippen LogP contribution in [0.5, 0.6) is 0 Å². The quantitative estimate of drug-likeness (QED) is 0.605. The highest BCUT2D eigenvalue weighted by Crippen LogP contribution is 2.17. The predicted octanol–water partition coefficient (Wildman–Crippen LogP) is 0.634. The summed E-state index contributed by atoms with van der Waals surface area (Å²) in [6.07, 6.45) is -0.270. The molecule has 25 heavy (non-hydrogen) atoms. The molecule has 1 fully saturated rings. The molecule has 2 amide bonds. The van der Waals surface area contributed by atoms with E-state index in [1.165, 1.54) is 11.3 Å². The van der Waals surface area contributed by atoms with Crippen LogP contribution in [0, 0.1) is 5.92 Å². The Kier molecular flexibility index (Phi) is 5.75. The van der Waals surface area contributed by atoms with Gasteiger partial charge in [-0.2, -0.15) is 0 Å². The number of anilines is 1. The van der Waals surface area contributed by atoms with Crippen LogP contribution in [0.15, 0.2) is 35.7 Å². The fourth-order valence-electron chi connectivity index (χ4n) is 2.60. The number of aliphatic hydroxyl groups excluding tert-OH is 1. The summed E-state index contributed by atoms with van der Waals surface area (Å²) in [7, 11) is 0. The minimum Gasteiger partial charge on any atom is -0.391 e. The van der Waals surface area contributed by atoms with E-state index in [1.54, 1.807) is 29.6 Å². The summed E-state index contributed by atoms with van der Waals surface area (Å²) in [5.74, 6) is -0.334. The summed E-state index contributed by atoms with van der Waals surface area (Å²) in [5, 5.41) is 20.6. The molecule has 3 rings (SSSR count). The number of nitrogens with zero attached hydrogens (tertiary/aromatic N) is 1. The number of aromatic nitrogens is 1. The molecule has 7 nitrogen and oxygen atoms in total. The molecular weight excluding hydrogens is 340 g/mol. The van der Waals surface area contributed by atoms with Gasteiger partial charge in [0.25, 0.3) is 5.91 Å². The zero-order chi connectivity index (χ0) is 17.6. The van der Waals surface area contributed by atoms with Gasteiger partial charge in [0.1, 0.15) is 0 Å². The van der Waals surface area contributed by atoms with Crippen LogP contribution in [0.2, 0.25) is 0 Å². The van der Waals surface area contributed by atoms with Crippen LogP contribution in [-0.2, 0) is 11.2 Å². The molecule has 132 valence electrons. The van der Waals surface area contributed by atoms with Gasteiger partial charge in [0, 0.05) is 36.5 Å². The van der Waals surface area contributed by atoms with Crippen molar-refractivity contribution in [2.75, 3.05) is 25.0 Å². The van der Waals surface area contributed by atoms with Gasteiger partial charge in [-0.15, -0.1) is 11.3 Å². The molecule has 1 aliphatic heterocycles. The van der Waals surface area contributed by atoms with Crippen LogP contribution in [-0.4, -0.2) is 47.6 Å². The van der Waals surface area contributed by atoms with E-state index in [0.717, 1.165) is 0 Å². The fourth-order valence-corrected chi connectivity index (χ4v) is 3.31. The monoisotopic (exact) mass is 360 g/mol. The third-order valence-electron chi connectivity index (χ3n) is 4.02. The number of rotatable bonds is 6. The molecule has 2 atom stereocenters. The molecule has 0 bridgehead atoms. The molecule has 2 heterocycles. The minimum absolute atomic E-state index is 0.0418. The predicted molar refractivity (Wildman–Crippen MR) is 95.6 cm³/mol. The smallest absolute Gasteiger partial charge is 0.257 e. The van der Waals surface area contributed by atoms with Gasteiger partial charge in [-0.1, -0.05) is 18.2 Å². The zero-order valence-corrected chi connectivity index (χ0v) is 14.4.